The second-order valence-electron chi connectivity index (χ2n) is 7.90. The lowest BCUT2D eigenvalue weighted by molar-refractivity contribution is 0.0988. The quantitative estimate of drug-likeness (QED) is 0.367. The van der Waals surface area contributed by atoms with Crippen LogP contribution in [0.5, 0.6) is 11.5 Å². The average Bonchev–Trinajstić information content (AvgIpc) is 3.39. The van der Waals surface area contributed by atoms with Crippen molar-refractivity contribution < 1.29 is 14.3 Å². The Balaban J connectivity index is 1.72. The molecule has 1 aromatic heterocycles. The minimum Gasteiger partial charge on any atom is -0.493 e. The third kappa shape index (κ3) is 3.58. The molecule has 6 nitrogen and oxygen atoms in total. The van der Waals surface area contributed by atoms with Gasteiger partial charge in [-0.05, 0) is 48.9 Å². The molecule has 5 rings (SSSR count). The van der Waals surface area contributed by atoms with Gasteiger partial charge in [0.25, 0.3) is 5.91 Å². The highest BCUT2D eigenvalue weighted by Gasteiger charge is 2.43. The Labute approximate surface area is 200 Å². The van der Waals surface area contributed by atoms with Crippen molar-refractivity contribution in [3.05, 3.63) is 93.6 Å². The van der Waals surface area contributed by atoms with Gasteiger partial charge in [0.2, 0.25) is 0 Å². The Morgan fingerprint density at radius 2 is 1.64 bits per heavy atom. The minimum atomic E-state index is -0.382. The smallest absolute Gasteiger partial charge is 0.277 e. The predicted molar refractivity (Wildman–Crippen MR) is 131 cm³/mol. The van der Waals surface area contributed by atoms with Crippen molar-refractivity contribution in [3.8, 4) is 22.8 Å². The maximum Gasteiger partial charge on any atom is 0.277 e. The Morgan fingerprint density at radius 3 is 2.30 bits per heavy atom. The summed E-state index contributed by atoms with van der Waals surface area (Å²) in [5.41, 5.74) is 5.86. The molecule has 0 unspecified atom stereocenters. The molecular formula is C26H22BrN3O3. The summed E-state index contributed by atoms with van der Waals surface area (Å²) in [5.74, 6) is 1.12. The molecule has 0 radical (unpaired) electrons. The van der Waals surface area contributed by atoms with Gasteiger partial charge in [-0.15, -0.1) is 0 Å². The Hall–Kier alpha value is -3.58. The van der Waals surface area contributed by atoms with Crippen molar-refractivity contribution in [3.63, 3.8) is 0 Å². The molecule has 1 N–H and O–H groups in total. The van der Waals surface area contributed by atoms with Crippen LogP contribution in [0.4, 0.5) is 5.69 Å². The number of rotatable bonds is 5. The zero-order valence-corrected chi connectivity index (χ0v) is 20.0. The first kappa shape index (κ1) is 21.3. The fourth-order valence-electron chi connectivity index (χ4n) is 4.28. The molecule has 1 aliphatic heterocycles. The zero-order chi connectivity index (χ0) is 23.1. The lowest BCUT2D eigenvalue weighted by Crippen LogP contribution is -2.29. The normalized spacial score (nSPS) is 15.0. The molecule has 2 heterocycles. The molecule has 3 aromatic carbocycles. The highest BCUT2D eigenvalue weighted by atomic mass is 79.9. The summed E-state index contributed by atoms with van der Waals surface area (Å²) >= 11 is 3.49. The van der Waals surface area contributed by atoms with Gasteiger partial charge in [0, 0.05) is 21.3 Å². The lowest BCUT2D eigenvalue weighted by atomic mass is 9.95. The fraction of sp³-hybridized carbons (Fsp3) is 0.154. The lowest BCUT2D eigenvalue weighted by Gasteiger charge is -2.27. The monoisotopic (exact) mass is 503 g/mol. The molecule has 33 heavy (non-hydrogen) atoms. The van der Waals surface area contributed by atoms with Gasteiger partial charge in [-0.1, -0.05) is 51.8 Å². The third-order valence-electron chi connectivity index (χ3n) is 5.92. The molecule has 0 fully saturated rings. The zero-order valence-electron chi connectivity index (χ0n) is 18.4. The van der Waals surface area contributed by atoms with Crippen molar-refractivity contribution in [2.24, 2.45) is 0 Å². The van der Waals surface area contributed by atoms with E-state index in [9.17, 15) is 4.79 Å². The molecule has 0 aliphatic carbocycles. The summed E-state index contributed by atoms with van der Waals surface area (Å²) in [4.78, 5) is 15.4. The molecule has 1 atom stereocenters. The largest absolute Gasteiger partial charge is 0.493 e. The number of amides is 1. The maximum atomic E-state index is 13.6. The molecule has 166 valence electrons. The van der Waals surface area contributed by atoms with E-state index in [2.05, 4.69) is 26.1 Å². The van der Waals surface area contributed by atoms with E-state index in [4.69, 9.17) is 9.47 Å². The first-order valence-corrected chi connectivity index (χ1v) is 11.3. The number of nitrogens with zero attached hydrogens (tertiary/aromatic N) is 2. The van der Waals surface area contributed by atoms with E-state index >= 15 is 0 Å². The van der Waals surface area contributed by atoms with Crippen LogP contribution in [-0.2, 0) is 0 Å². The number of ether oxygens (including phenoxy) is 2. The number of fused-ring (bicyclic) bond motifs is 1. The Kier molecular flexibility index (Phi) is 5.42. The van der Waals surface area contributed by atoms with Crippen LogP contribution in [-0.4, -0.2) is 30.3 Å². The number of hydrogen-bond acceptors (Lipinski definition) is 4. The second kappa shape index (κ2) is 8.41. The van der Waals surface area contributed by atoms with Gasteiger partial charge in [-0.25, -0.2) is 0 Å². The highest BCUT2D eigenvalue weighted by Crippen LogP contribution is 2.46. The first-order chi connectivity index (χ1) is 16.0. The molecular weight excluding hydrogens is 482 g/mol. The number of aromatic amines is 1. The van der Waals surface area contributed by atoms with Gasteiger partial charge in [-0.2, -0.15) is 5.10 Å². The number of methoxy groups -OCH3 is 2. The van der Waals surface area contributed by atoms with Gasteiger partial charge >= 0.3 is 0 Å². The topological polar surface area (TPSA) is 67.5 Å². The summed E-state index contributed by atoms with van der Waals surface area (Å²) < 4.78 is 12.0. The number of carbonyl (C=O) groups excluding carboxylic acids is 1. The van der Waals surface area contributed by atoms with Crippen molar-refractivity contribution >= 4 is 27.5 Å². The van der Waals surface area contributed by atoms with Gasteiger partial charge in [-0.3, -0.25) is 14.8 Å². The summed E-state index contributed by atoms with van der Waals surface area (Å²) in [6, 6.07) is 21.3. The van der Waals surface area contributed by atoms with E-state index in [0.29, 0.717) is 17.2 Å². The Morgan fingerprint density at radius 1 is 0.939 bits per heavy atom. The maximum absolute atomic E-state index is 13.6. The van der Waals surface area contributed by atoms with E-state index in [1.807, 2.05) is 78.6 Å². The number of hydrogen-bond donors (Lipinski definition) is 1. The number of halogens is 1. The standard InChI is InChI=1S/C26H22BrN3O3/c1-15-4-11-19(12-5-15)30-25(17-8-13-20(32-2)21(14-17)33-3)22-23(28-29-24(22)26(30)31)16-6-9-18(27)10-7-16/h4-14,25H,1-3H3,(H,28,29)/t25-/m1/s1. The van der Waals surface area contributed by atoms with Crippen molar-refractivity contribution in [1.82, 2.24) is 10.2 Å². The van der Waals surface area contributed by atoms with Gasteiger partial charge in [0.15, 0.2) is 11.5 Å². The van der Waals surface area contributed by atoms with Crippen molar-refractivity contribution in [1.29, 1.82) is 0 Å². The molecule has 1 aliphatic rings. The number of aromatic nitrogens is 2. The summed E-state index contributed by atoms with van der Waals surface area (Å²) in [7, 11) is 3.21. The minimum absolute atomic E-state index is 0.121. The van der Waals surface area contributed by atoms with Gasteiger partial charge in [0.05, 0.1) is 26.0 Å². The van der Waals surface area contributed by atoms with Crippen LogP contribution in [0.2, 0.25) is 0 Å². The van der Waals surface area contributed by atoms with Gasteiger partial charge < -0.3 is 9.47 Å². The van der Waals surface area contributed by atoms with Crippen LogP contribution in [0.15, 0.2) is 71.2 Å². The molecule has 1 amide bonds. The van der Waals surface area contributed by atoms with E-state index < -0.39 is 0 Å². The second-order valence-corrected chi connectivity index (χ2v) is 8.81. The fourth-order valence-corrected chi connectivity index (χ4v) is 4.55. The first-order valence-electron chi connectivity index (χ1n) is 10.5. The van der Waals surface area contributed by atoms with Crippen LogP contribution in [0.3, 0.4) is 0 Å². The number of benzene rings is 3. The number of nitrogens with one attached hydrogen (secondary N) is 1. The summed E-state index contributed by atoms with van der Waals surface area (Å²) in [6.45, 7) is 2.03. The average molecular weight is 504 g/mol. The predicted octanol–water partition coefficient (Wildman–Crippen LogP) is 5.91. The SMILES string of the molecule is COc1ccc([C@@H]2c3c(-c4ccc(Br)cc4)n[nH]c3C(=O)N2c2ccc(C)cc2)cc1OC. The van der Waals surface area contributed by atoms with Crippen LogP contribution in [0.25, 0.3) is 11.3 Å². The Bertz CT molecular complexity index is 1330. The summed E-state index contributed by atoms with van der Waals surface area (Å²) in [5, 5.41) is 7.54. The molecule has 0 saturated heterocycles. The molecule has 0 spiro atoms. The highest BCUT2D eigenvalue weighted by molar-refractivity contribution is 9.10. The van der Waals surface area contributed by atoms with E-state index in [-0.39, 0.29) is 11.9 Å². The molecule has 4 aromatic rings. The van der Waals surface area contributed by atoms with Crippen LogP contribution in [0, 0.1) is 6.92 Å². The van der Waals surface area contributed by atoms with Gasteiger partial charge in [0.1, 0.15) is 5.69 Å². The van der Waals surface area contributed by atoms with Crippen molar-refractivity contribution in [2.45, 2.75) is 13.0 Å². The van der Waals surface area contributed by atoms with Crippen LogP contribution >= 0.6 is 15.9 Å². The number of aryl methyl sites for hydroxylation is 1. The number of anilines is 1. The van der Waals surface area contributed by atoms with E-state index in [0.717, 1.165) is 38.1 Å². The van der Waals surface area contributed by atoms with Crippen molar-refractivity contribution in [2.75, 3.05) is 19.1 Å². The van der Waals surface area contributed by atoms with E-state index in [1.165, 1.54) is 0 Å². The third-order valence-corrected chi connectivity index (χ3v) is 6.45. The molecule has 7 heteroatoms. The summed E-state index contributed by atoms with van der Waals surface area (Å²) in [6.07, 6.45) is 0. The number of H-pyrrole nitrogens is 1. The van der Waals surface area contributed by atoms with E-state index in [1.54, 1.807) is 14.2 Å². The van der Waals surface area contributed by atoms with Crippen LogP contribution in [0.1, 0.15) is 33.2 Å². The molecule has 0 saturated carbocycles. The van der Waals surface area contributed by atoms with Crippen LogP contribution < -0.4 is 14.4 Å². The number of carbonyl (C=O) groups is 1. The molecule has 0 bridgehead atoms.